The zero-order valence-corrected chi connectivity index (χ0v) is 17.2. The lowest BCUT2D eigenvalue weighted by Gasteiger charge is -2.40. The van der Waals surface area contributed by atoms with Gasteiger partial charge < -0.3 is 14.9 Å². The first-order chi connectivity index (χ1) is 14.0. The van der Waals surface area contributed by atoms with Crippen LogP contribution in [-0.2, 0) is 0 Å². The fourth-order valence-electron chi connectivity index (χ4n) is 3.78. The molecule has 1 fully saturated rings. The summed E-state index contributed by atoms with van der Waals surface area (Å²) >= 11 is 7.38. The highest BCUT2D eigenvalue weighted by Crippen LogP contribution is 2.42. The molecule has 0 radical (unpaired) electrons. The third-order valence-corrected chi connectivity index (χ3v) is 6.46. The van der Waals surface area contributed by atoms with Gasteiger partial charge in [0, 0.05) is 30.2 Å². The molecule has 9 heteroatoms. The van der Waals surface area contributed by atoms with E-state index in [1.165, 1.54) is 22.6 Å². The Balaban J connectivity index is 1.84. The van der Waals surface area contributed by atoms with Crippen LogP contribution in [0.3, 0.4) is 0 Å². The van der Waals surface area contributed by atoms with Crippen molar-refractivity contribution in [2.75, 3.05) is 24.5 Å². The lowest BCUT2D eigenvalue weighted by Crippen LogP contribution is -2.55. The van der Waals surface area contributed by atoms with Crippen molar-refractivity contribution in [3.05, 3.63) is 40.5 Å². The predicted molar refractivity (Wildman–Crippen MR) is 114 cm³/mol. The lowest BCUT2D eigenvalue weighted by molar-refractivity contribution is 0.116. The van der Waals surface area contributed by atoms with Gasteiger partial charge >= 0.3 is 6.09 Å². The Kier molecular flexibility index (Phi) is 5.26. The normalized spacial score (nSPS) is 16.8. The Morgan fingerprint density at radius 3 is 2.76 bits per heavy atom. The molecule has 3 heterocycles. The van der Waals surface area contributed by atoms with E-state index in [9.17, 15) is 15.2 Å². The number of carbonyl (C=O) groups is 1. The molecule has 1 atom stereocenters. The zero-order valence-electron chi connectivity index (χ0n) is 15.7. The average Bonchev–Trinajstić information content (AvgIpc) is 3.12. The van der Waals surface area contributed by atoms with Gasteiger partial charge in [-0.05, 0) is 24.1 Å². The molecule has 1 unspecified atom stereocenters. The van der Waals surface area contributed by atoms with Crippen LogP contribution in [0.2, 0.25) is 5.02 Å². The first-order valence-electron chi connectivity index (χ1n) is 9.21. The molecule has 7 nitrogen and oxygen atoms in total. The Bertz CT molecular complexity index is 1110. The van der Waals surface area contributed by atoms with E-state index < -0.39 is 6.09 Å². The minimum Gasteiger partial charge on any atom is -0.465 e. The van der Waals surface area contributed by atoms with Crippen LogP contribution >= 0.6 is 22.9 Å². The maximum atomic E-state index is 11.5. The number of benzene rings is 1. The minimum absolute atomic E-state index is 0.112. The maximum absolute atomic E-state index is 11.5. The van der Waals surface area contributed by atoms with Crippen LogP contribution in [-0.4, -0.2) is 51.7 Å². The molecule has 29 heavy (non-hydrogen) atoms. The second-order valence-electron chi connectivity index (χ2n) is 6.79. The third-order valence-electron chi connectivity index (χ3n) is 5.20. The van der Waals surface area contributed by atoms with Gasteiger partial charge in [-0.25, -0.2) is 14.8 Å². The summed E-state index contributed by atoms with van der Waals surface area (Å²) < 4.78 is 0. The molecule has 1 aliphatic rings. The molecule has 3 aromatic rings. The fraction of sp³-hybridized carbons (Fsp3) is 0.300. The summed E-state index contributed by atoms with van der Waals surface area (Å²) in [5.74, 6) is 0.737. The summed E-state index contributed by atoms with van der Waals surface area (Å²) in [6.07, 6.45) is 1.33. The number of aromatic nitrogens is 2. The smallest absolute Gasteiger partial charge is 0.407 e. The first kappa shape index (κ1) is 19.4. The van der Waals surface area contributed by atoms with E-state index in [1.807, 2.05) is 19.1 Å². The molecule has 0 spiro atoms. The van der Waals surface area contributed by atoms with Gasteiger partial charge in [0.2, 0.25) is 0 Å². The molecule has 0 bridgehead atoms. The SMILES string of the molecule is CCC1CN(c2ncnc3sc(C#N)c(-c4ccc(Cl)cc4)c23)CCN1C(=O)O. The third kappa shape index (κ3) is 3.48. The summed E-state index contributed by atoms with van der Waals surface area (Å²) in [5, 5.41) is 20.6. The summed E-state index contributed by atoms with van der Waals surface area (Å²) in [4.78, 5) is 25.4. The van der Waals surface area contributed by atoms with Crippen molar-refractivity contribution in [3.63, 3.8) is 0 Å². The Labute approximate surface area is 176 Å². The molecular formula is C20H18ClN5O2S. The Morgan fingerprint density at radius 2 is 2.10 bits per heavy atom. The quantitative estimate of drug-likeness (QED) is 0.663. The number of rotatable bonds is 3. The van der Waals surface area contributed by atoms with Gasteiger partial charge in [-0.1, -0.05) is 30.7 Å². The van der Waals surface area contributed by atoms with Gasteiger partial charge in [-0.2, -0.15) is 5.26 Å². The second-order valence-corrected chi connectivity index (χ2v) is 8.22. The highest BCUT2D eigenvalue weighted by atomic mass is 35.5. The standard InChI is InChI=1S/C20H18ClN5O2S/c1-2-14-10-25(7-8-26(14)20(27)28)18-17-16(12-3-5-13(21)6-4-12)15(9-22)29-19(17)24-11-23-18/h3-6,11,14H,2,7-8,10H2,1H3,(H,27,28). The first-order valence-corrected chi connectivity index (χ1v) is 10.4. The number of piperazine rings is 1. The molecule has 1 aliphatic heterocycles. The summed E-state index contributed by atoms with van der Waals surface area (Å²) in [6.45, 7) is 3.47. The van der Waals surface area contributed by atoms with E-state index in [4.69, 9.17) is 11.6 Å². The second kappa shape index (κ2) is 7.85. The van der Waals surface area contributed by atoms with E-state index in [2.05, 4.69) is 20.9 Å². The van der Waals surface area contributed by atoms with Crippen molar-refractivity contribution < 1.29 is 9.90 Å². The molecule has 0 saturated carbocycles. The Morgan fingerprint density at radius 1 is 1.34 bits per heavy atom. The van der Waals surface area contributed by atoms with Crippen LogP contribution in [0.25, 0.3) is 21.3 Å². The van der Waals surface area contributed by atoms with Crippen LogP contribution < -0.4 is 4.90 Å². The van der Waals surface area contributed by atoms with Crippen LogP contribution in [0.4, 0.5) is 10.6 Å². The largest absolute Gasteiger partial charge is 0.465 e. The predicted octanol–water partition coefficient (Wildman–Crippen LogP) is 4.46. The van der Waals surface area contributed by atoms with E-state index in [1.54, 1.807) is 12.1 Å². The van der Waals surface area contributed by atoms with Crippen molar-refractivity contribution in [3.8, 4) is 17.2 Å². The number of halogens is 1. The average molecular weight is 428 g/mol. The molecule has 1 amide bonds. The molecule has 4 rings (SSSR count). The van der Waals surface area contributed by atoms with Crippen LogP contribution in [0.15, 0.2) is 30.6 Å². The lowest BCUT2D eigenvalue weighted by atomic mass is 10.0. The molecule has 2 aromatic heterocycles. The molecule has 148 valence electrons. The summed E-state index contributed by atoms with van der Waals surface area (Å²) in [5.41, 5.74) is 1.68. The number of thiophene rings is 1. The van der Waals surface area contributed by atoms with Crippen LogP contribution in [0.5, 0.6) is 0 Å². The van der Waals surface area contributed by atoms with Crippen molar-refractivity contribution in [1.29, 1.82) is 5.26 Å². The maximum Gasteiger partial charge on any atom is 0.407 e. The van der Waals surface area contributed by atoms with Gasteiger partial charge in [-0.3, -0.25) is 0 Å². The number of fused-ring (bicyclic) bond motifs is 1. The minimum atomic E-state index is -0.895. The van der Waals surface area contributed by atoms with Crippen molar-refractivity contribution in [2.24, 2.45) is 0 Å². The zero-order chi connectivity index (χ0) is 20.5. The highest BCUT2D eigenvalue weighted by Gasteiger charge is 2.31. The number of nitrogens with zero attached hydrogens (tertiary/aromatic N) is 5. The van der Waals surface area contributed by atoms with Gasteiger partial charge in [-0.15, -0.1) is 11.3 Å². The van der Waals surface area contributed by atoms with Crippen molar-refractivity contribution in [2.45, 2.75) is 19.4 Å². The monoisotopic (exact) mass is 427 g/mol. The van der Waals surface area contributed by atoms with E-state index >= 15 is 0 Å². The van der Waals surface area contributed by atoms with Gasteiger partial charge in [0.25, 0.3) is 0 Å². The number of nitriles is 1. The summed E-state index contributed by atoms with van der Waals surface area (Å²) in [7, 11) is 0. The number of carboxylic acid groups (broad SMARTS) is 1. The number of hydrogen-bond acceptors (Lipinski definition) is 6. The number of hydrogen-bond donors (Lipinski definition) is 1. The molecule has 0 aliphatic carbocycles. The van der Waals surface area contributed by atoms with E-state index in [0.717, 1.165) is 27.2 Å². The Hall–Kier alpha value is -2.89. The molecule has 1 saturated heterocycles. The van der Waals surface area contributed by atoms with Crippen molar-refractivity contribution >= 4 is 45.1 Å². The van der Waals surface area contributed by atoms with Crippen LogP contribution in [0, 0.1) is 11.3 Å². The number of anilines is 1. The topological polar surface area (TPSA) is 93.4 Å². The van der Waals surface area contributed by atoms with Crippen molar-refractivity contribution in [1.82, 2.24) is 14.9 Å². The van der Waals surface area contributed by atoms with Crippen LogP contribution in [0.1, 0.15) is 18.2 Å². The van der Waals surface area contributed by atoms with Gasteiger partial charge in [0.15, 0.2) is 0 Å². The fourth-order valence-corrected chi connectivity index (χ4v) is 4.86. The van der Waals surface area contributed by atoms with E-state index in [0.29, 0.717) is 36.0 Å². The number of amides is 1. The molecular weight excluding hydrogens is 410 g/mol. The van der Waals surface area contributed by atoms with E-state index in [-0.39, 0.29) is 6.04 Å². The highest BCUT2D eigenvalue weighted by molar-refractivity contribution is 7.19. The molecule has 1 N–H and O–H groups in total. The summed E-state index contributed by atoms with van der Waals surface area (Å²) in [6, 6.07) is 9.54. The van der Waals surface area contributed by atoms with Gasteiger partial charge in [0.05, 0.1) is 11.4 Å². The van der Waals surface area contributed by atoms with Gasteiger partial charge in [0.1, 0.15) is 27.9 Å². The molecule has 1 aromatic carbocycles.